The van der Waals surface area contributed by atoms with Gasteiger partial charge in [-0.1, -0.05) is 0 Å². The molecule has 0 saturated heterocycles. The first kappa shape index (κ1) is 12.6. The Morgan fingerprint density at radius 2 is 2.27 bits per heavy atom. The Hall–Kier alpha value is -0.420. The highest BCUT2D eigenvalue weighted by Crippen LogP contribution is 2.17. The lowest BCUT2D eigenvalue weighted by Gasteiger charge is -2.20. The van der Waals surface area contributed by atoms with E-state index in [1.54, 1.807) is 18.4 Å². The van der Waals surface area contributed by atoms with Crippen molar-refractivity contribution in [2.75, 3.05) is 33.4 Å². The SMILES string of the molecule is COCCN(CCO)Cc1sccc1C. The van der Waals surface area contributed by atoms with E-state index < -0.39 is 0 Å². The topological polar surface area (TPSA) is 32.7 Å². The average Bonchev–Trinajstić information content (AvgIpc) is 2.61. The molecule has 1 aromatic heterocycles. The summed E-state index contributed by atoms with van der Waals surface area (Å²) < 4.78 is 5.05. The number of methoxy groups -OCH3 is 1. The molecule has 0 radical (unpaired) electrons. The summed E-state index contributed by atoms with van der Waals surface area (Å²) in [7, 11) is 1.70. The van der Waals surface area contributed by atoms with Crippen LogP contribution in [0, 0.1) is 6.92 Å². The molecular weight excluding hydrogens is 210 g/mol. The van der Waals surface area contributed by atoms with E-state index in [4.69, 9.17) is 9.84 Å². The zero-order valence-corrected chi connectivity index (χ0v) is 10.2. The molecule has 0 aromatic carbocycles. The fourth-order valence-electron chi connectivity index (χ4n) is 1.40. The molecule has 3 nitrogen and oxygen atoms in total. The van der Waals surface area contributed by atoms with E-state index >= 15 is 0 Å². The van der Waals surface area contributed by atoms with Gasteiger partial charge < -0.3 is 9.84 Å². The maximum atomic E-state index is 8.95. The minimum absolute atomic E-state index is 0.203. The minimum Gasteiger partial charge on any atom is -0.395 e. The van der Waals surface area contributed by atoms with Gasteiger partial charge in [0, 0.05) is 31.6 Å². The Morgan fingerprint density at radius 3 is 2.80 bits per heavy atom. The Balaban J connectivity index is 2.46. The first-order chi connectivity index (χ1) is 7.27. The third-order valence-electron chi connectivity index (χ3n) is 2.36. The van der Waals surface area contributed by atoms with Crippen LogP contribution in [0.4, 0.5) is 0 Å². The highest BCUT2D eigenvalue weighted by atomic mass is 32.1. The van der Waals surface area contributed by atoms with Crippen LogP contribution in [0.15, 0.2) is 11.4 Å². The maximum absolute atomic E-state index is 8.95. The molecule has 1 heterocycles. The predicted octanol–water partition coefficient (Wildman–Crippen LogP) is 1.50. The van der Waals surface area contributed by atoms with Crippen LogP contribution in [-0.4, -0.2) is 43.4 Å². The first-order valence-corrected chi connectivity index (χ1v) is 6.01. The lowest BCUT2D eigenvalue weighted by molar-refractivity contribution is 0.127. The molecule has 15 heavy (non-hydrogen) atoms. The van der Waals surface area contributed by atoms with E-state index in [1.807, 2.05) is 0 Å². The molecule has 0 fully saturated rings. The molecule has 0 unspecified atom stereocenters. The van der Waals surface area contributed by atoms with Crippen LogP contribution in [0.1, 0.15) is 10.4 Å². The standard InChI is InChI=1S/C11H19NO2S/c1-10-3-8-15-11(10)9-12(4-6-13)5-7-14-2/h3,8,13H,4-7,9H2,1-2H3. The number of nitrogens with zero attached hydrogens (tertiary/aromatic N) is 1. The van der Waals surface area contributed by atoms with Crippen molar-refractivity contribution in [1.82, 2.24) is 4.90 Å². The normalized spacial score (nSPS) is 11.2. The van der Waals surface area contributed by atoms with Gasteiger partial charge in [-0.25, -0.2) is 0 Å². The third kappa shape index (κ3) is 4.30. The smallest absolute Gasteiger partial charge is 0.0589 e. The Labute approximate surface area is 95.3 Å². The number of hydrogen-bond donors (Lipinski definition) is 1. The quantitative estimate of drug-likeness (QED) is 0.769. The van der Waals surface area contributed by atoms with Gasteiger partial charge in [0.15, 0.2) is 0 Å². The van der Waals surface area contributed by atoms with Gasteiger partial charge in [-0.05, 0) is 23.9 Å². The molecule has 0 saturated carbocycles. The van der Waals surface area contributed by atoms with Crippen molar-refractivity contribution >= 4 is 11.3 Å². The lowest BCUT2D eigenvalue weighted by Crippen LogP contribution is -2.29. The second-order valence-corrected chi connectivity index (χ2v) is 4.52. The molecule has 0 aliphatic heterocycles. The number of aliphatic hydroxyl groups excluding tert-OH is 1. The first-order valence-electron chi connectivity index (χ1n) is 5.13. The van der Waals surface area contributed by atoms with Gasteiger partial charge in [0.2, 0.25) is 0 Å². The van der Waals surface area contributed by atoms with Crippen molar-refractivity contribution in [2.24, 2.45) is 0 Å². The summed E-state index contributed by atoms with van der Waals surface area (Å²) >= 11 is 1.77. The molecule has 86 valence electrons. The predicted molar refractivity (Wildman–Crippen MR) is 63.3 cm³/mol. The summed E-state index contributed by atoms with van der Waals surface area (Å²) in [4.78, 5) is 3.59. The molecular formula is C11H19NO2S. The zero-order chi connectivity index (χ0) is 11.1. The Morgan fingerprint density at radius 1 is 1.47 bits per heavy atom. The van der Waals surface area contributed by atoms with Crippen molar-refractivity contribution in [2.45, 2.75) is 13.5 Å². The van der Waals surface area contributed by atoms with Gasteiger partial charge in [-0.3, -0.25) is 4.90 Å². The molecule has 1 aromatic rings. The van der Waals surface area contributed by atoms with E-state index in [9.17, 15) is 0 Å². The molecule has 0 atom stereocenters. The molecule has 4 heteroatoms. The summed E-state index contributed by atoms with van der Waals surface area (Å²) in [6, 6.07) is 2.13. The minimum atomic E-state index is 0.203. The monoisotopic (exact) mass is 229 g/mol. The van der Waals surface area contributed by atoms with Crippen LogP contribution in [0.2, 0.25) is 0 Å². The molecule has 0 amide bonds. The van der Waals surface area contributed by atoms with Crippen LogP contribution in [0.5, 0.6) is 0 Å². The van der Waals surface area contributed by atoms with E-state index in [-0.39, 0.29) is 6.61 Å². The molecule has 1 rings (SSSR count). The van der Waals surface area contributed by atoms with Crippen molar-refractivity contribution in [1.29, 1.82) is 0 Å². The van der Waals surface area contributed by atoms with Gasteiger partial charge in [-0.15, -0.1) is 11.3 Å². The summed E-state index contributed by atoms with van der Waals surface area (Å²) in [5, 5.41) is 11.1. The van der Waals surface area contributed by atoms with Gasteiger partial charge in [0.25, 0.3) is 0 Å². The van der Waals surface area contributed by atoms with Crippen molar-refractivity contribution in [3.05, 3.63) is 21.9 Å². The van der Waals surface area contributed by atoms with Gasteiger partial charge in [0.1, 0.15) is 0 Å². The second-order valence-electron chi connectivity index (χ2n) is 3.52. The van der Waals surface area contributed by atoms with Crippen LogP contribution in [-0.2, 0) is 11.3 Å². The number of rotatable bonds is 7. The fraction of sp³-hybridized carbons (Fsp3) is 0.636. The highest BCUT2D eigenvalue weighted by Gasteiger charge is 2.07. The average molecular weight is 229 g/mol. The van der Waals surface area contributed by atoms with Crippen LogP contribution in [0.3, 0.4) is 0 Å². The maximum Gasteiger partial charge on any atom is 0.0589 e. The molecule has 0 aliphatic rings. The third-order valence-corrected chi connectivity index (χ3v) is 3.37. The second kappa shape index (κ2) is 6.95. The molecule has 0 spiro atoms. The number of aryl methyl sites for hydroxylation is 1. The summed E-state index contributed by atoms with van der Waals surface area (Å²) in [5.41, 5.74) is 1.33. The Kier molecular flexibility index (Phi) is 5.86. The number of thiophene rings is 1. The van der Waals surface area contributed by atoms with Crippen LogP contribution >= 0.6 is 11.3 Å². The van der Waals surface area contributed by atoms with Crippen molar-refractivity contribution in [3.63, 3.8) is 0 Å². The Bertz CT molecular complexity index is 275. The largest absolute Gasteiger partial charge is 0.395 e. The van der Waals surface area contributed by atoms with Gasteiger partial charge in [0.05, 0.1) is 13.2 Å². The fourth-order valence-corrected chi connectivity index (χ4v) is 2.35. The van der Waals surface area contributed by atoms with Gasteiger partial charge in [-0.2, -0.15) is 0 Å². The molecule has 0 bridgehead atoms. The highest BCUT2D eigenvalue weighted by molar-refractivity contribution is 7.10. The van der Waals surface area contributed by atoms with Crippen LogP contribution < -0.4 is 0 Å². The lowest BCUT2D eigenvalue weighted by atomic mass is 10.3. The van der Waals surface area contributed by atoms with E-state index in [1.165, 1.54) is 10.4 Å². The zero-order valence-electron chi connectivity index (χ0n) is 9.40. The summed E-state index contributed by atoms with van der Waals surface area (Å²) in [5.74, 6) is 0. The number of ether oxygens (including phenoxy) is 1. The number of aliphatic hydroxyl groups is 1. The number of hydrogen-bond acceptors (Lipinski definition) is 4. The van der Waals surface area contributed by atoms with E-state index in [2.05, 4.69) is 23.3 Å². The summed E-state index contributed by atoms with van der Waals surface area (Å²) in [6.45, 7) is 5.53. The van der Waals surface area contributed by atoms with Gasteiger partial charge >= 0.3 is 0 Å². The molecule has 1 N–H and O–H groups in total. The van der Waals surface area contributed by atoms with Crippen LogP contribution in [0.25, 0.3) is 0 Å². The van der Waals surface area contributed by atoms with E-state index in [0.717, 1.165) is 13.1 Å². The van der Waals surface area contributed by atoms with Crippen molar-refractivity contribution < 1.29 is 9.84 Å². The van der Waals surface area contributed by atoms with Crippen molar-refractivity contribution in [3.8, 4) is 0 Å². The van der Waals surface area contributed by atoms with E-state index in [0.29, 0.717) is 13.2 Å². The summed E-state index contributed by atoms with van der Waals surface area (Å²) in [6.07, 6.45) is 0. The molecule has 0 aliphatic carbocycles.